The molecule has 0 aliphatic carbocycles. The van der Waals surface area contributed by atoms with Crippen LogP contribution in [0, 0.1) is 18.6 Å². The Kier molecular flexibility index (Phi) is 4.25. The first kappa shape index (κ1) is 13.9. The first-order chi connectivity index (χ1) is 9.54. The lowest BCUT2D eigenvalue weighted by Crippen LogP contribution is -2.09. The Morgan fingerprint density at radius 1 is 1.10 bits per heavy atom. The molecule has 2 rings (SSSR count). The first-order valence-electron chi connectivity index (χ1n) is 6.05. The molecule has 0 saturated heterocycles. The van der Waals surface area contributed by atoms with E-state index in [1.54, 1.807) is 19.1 Å². The third-order valence-corrected chi connectivity index (χ3v) is 2.72. The maximum absolute atomic E-state index is 13.0. The maximum Gasteiger partial charge on any atom is 0.248 e. The van der Waals surface area contributed by atoms with Crippen LogP contribution in [-0.4, -0.2) is 5.91 Å². The lowest BCUT2D eigenvalue weighted by atomic mass is 10.2. The molecule has 1 N–H and O–H groups in total. The molecule has 0 aromatic heterocycles. The van der Waals surface area contributed by atoms with Crippen molar-refractivity contribution in [2.45, 2.75) is 6.92 Å². The highest BCUT2D eigenvalue weighted by atomic mass is 19.1. The summed E-state index contributed by atoms with van der Waals surface area (Å²) >= 11 is 0. The van der Waals surface area contributed by atoms with Crippen LogP contribution in [0.2, 0.25) is 0 Å². The second-order valence-corrected chi connectivity index (χ2v) is 4.34. The van der Waals surface area contributed by atoms with Crippen molar-refractivity contribution in [1.82, 2.24) is 0 Å². The molecule has 102 valence electrons. The predicted molar refractivity (Wildman–Crippen MR) is 75.2 cm³/mol. The molecular weight excluding hydrogens is 260 g/mol. The van der Waals surface area contributed by atoms with E-state index in [1.807, 2.05) is 0 Å². The van der Waals surface area contributed by atoms with Crippen molar-refractivity contribution in [3.8, 4) is 0 Å². The number of amides is 1. The van der Waals surface area contributed by atoms with Gasteiger partial charge in [0.1, 0.15) is 11.6 Å². The molecule has 0 unspecified atom stereocenters. The number of halogens is 2. The zero-order valence-electron chi connectivity index (χ0n) is 10.9. The van der Waals surface area contributed by atoms with E-state index in [1.165, 1.54) is 42.5 Å². The minimum Gasteiger partial charge on any atom is -0.322 e. The van der Waals surface area contributed by atoms with E-state index in [0.29, 0.717) is 16.8 Å². The Labute approximate surface area is 115 Å². The van der Waals surface area contributed by atoms with E-state index in [-0.39, 0.29) is 17.5 Å². The number of hydrogen-bond acceptors (Lipinski definition) is 1. The predicted octanol–water partition coefficient (Wildman–Crippen LogP) is 3.93. The third-order valence-electron chi connectivity index (χ3n) is 2.72. The lowest BCUT2D eigenvalue weighted by Gasteiger charge is -2.05. The summed E-state index contributed by atoms with van der Waals surface area (Å²) in [5.41, 5.74) is 1.77. The highest BCUT2D eigenvalue weighted by Crippen LogP contribution is 2.15. The van der Waals surface area contributed by atoms with Crippen molar-refractivity contribution < 1.29 is 13.6 Å². The van der Waals surface area contributed by atoms with E-state index >= 15 is 0 Å². The fourth-order valence-corrected chi connectivity index (χ4v) is 1.72. The smallest absolute Gasteiger partial charge is 0.248 e. The Morgan fingerprint density at radius 3 is 2.55 bits per heavy atom. The second-order valence-electron chi connectivity index (χ2n) is 4.34. The molecule has 0 atom stereocenters. The highest BCUT2D eigenvalue weighted by molar-refractivity contribution is 6.02. The van der Waals surface area contributed by atoms with Gasteiger partial charge in [0, 0.05) is 11.8 Å². The van der Waals surface area contributed by atoms with Crippen molar-refractivity contribution in [3.05, 3.63) is 71.3 Å². The van der Waals surface area contributed by atoms with Crippen LogP contribution in [0.4, 0.5) is 14.5 Å². The number of carbonyl (C=O) groups excluding carboxylic acids is 1. The van der Waals surface area contributed by atoms with E-state index in [9.17, 15) is 13.6 Å². The minimum atomic E-state index is -0.359. The van der Waals surface area contributed by atoms with Crippen LogP contribution >= 0.6 is 0 Å². The average Bonchev–Trinajstić information content (AvgIpc) is 2.40. The molecule has 0 saturated carbocycles. The number of hydrogen-bond donors (Lipinski definition) is 1. The molecule has 4 heteroatoms. The topological polar surface area (TPSA) is 29.1 Å². The molecule has 1 amide bonds. The van der Waals surface area contributed by atoms with E-state index in [0.717, 1.165) is 0 Å². The van der Waals surface area contributed by atoms with Gasteiger partial charge in [0.25, 0.3) is 0 Å². The molecule has 20 heavy (non-hydrogen) atoms. The number of anilines is 1. The third kappa shape index (κ3) is 3.75. The van der Waals surface area contributed by atoms with Crippen LogP contribution in [0.1, 0.15) is 11.1 Å². The van der Waals surface area contributed by atoms with Gasteiger partial charge in [-0.1, -0.05) is 12.1 Å². The number of carbonyl (C=O) groups is 1. The summed E-state index contributed by atoms with van der Waals surface area (Å²) in [7, 11) is 0. The van der Waals surface area contributed by atoms with Crippen LogP contribution in [0.15, 0.2) is 48.5 Å². The van der Waals surface area contributed by atoms with E-state index in [4.69, 9.17) is 0 Å². The largest absolute Gasteiger partial charge is 0.322 e. The summed E-state index contributed by atoms with van der Waals surface area (Å²) in [6, 6.07) is 10.0. The number of rotatable bonds is 3. The lowest BCUT2D eigenvalue weighted by molar-refractivity contribution is -0.111. The van der Waals surface area contributed by atoms with Crippen molar-refractivity contribution in [1.29, 1.82) is 0 Å². The number of benzene rings is 2. The average molecular weight is 273 g/mol. The zero-order chi connectivity index (χ0) is 14.5. The molecule has 2 aromatic carbocycles. The Morgan fingerprint density at radius 2 is 1.85 bits per heavy atom. The van der Waals surface area contributed by atoms with Gasteiger partial charge in [-0.05, 0) is 54.5 Å². The zero-order valence-corrected chi connectivity index (χ0v) is 10.9. The van der Waals surface area contributed by atoms with Crippen LogP contribution in [-0.2, 0) is 4.79 Å². The van der Waals surface area contributed by atoms with Gasteiger partial charge in [-0.3, -0.25) is 4.79 Å². The summed E-state index contributed by atoms with van der Waals surface area (Å²) in [4.78, 5) is 11.7. The molecule has 0 aliphatic heterocycles. The molecule has 0 aliphatic rings. The summed E-state index contributed by atoms with van der Waals surface area (Å²) in [5, 5.41) is 2.64. The van der Waals surface area contributed by atoms with Crippen LogP contribution < -0.4 is 5.32 Å². The Hall–Kier alpha value is -2.49. The van der Waals surface area contributed by atoms with Crippen LogP contribution in [0.5, 0.6) is 0 Å². The fourth-order valence-electron chi connectivity index (χ4n) is 1.72. The van der Waals surface area contributed by atoms with E-state index < -0.39 is 0 Å². The van der Waals surface area contributed by atoms with Gasteiger partial charge >= 0.3 is 0 Å². The summed E-state index contributed by atoms with van der Waals surface area (Å²) < 4.78 is 25.9. The summed E-state index contributed by atoms with van der Waals surface area (Å²) in [6.07, 6.45) is 2.81. The summed E-state index contributed by atoms with van der Waals surface area (Å²) in [6.45, 7) is 1.70. The van der Waals surface area contributed by atoms with E-state index in [2.05, 4.69) is 5.32 Å². The standard InChI is InChI=1S/C16H13F2NO/c1-11-9-14(18)6-7-15(11)19-16(20)8-5-12-3-2-4-13(17)10-12/h2-10H,1H3,(H,19,20)/b8-5+. The summed E-state index contributed by atoms with van der Waals surface area (Å²) in [5.74, 6) is -1.07. The quantitative estimate of drug-likeness (QED) is 0.844. The monoisotopic (exact) mass is 273 g/mol. The highest BCUT2D eigenvalue weighted by Gasteiger charge is 2.02. The fraction of sp³-hybridized carbons (Fsp3) is 0.0625. The molecule has 0 spiro atoms. The number of aryl methyl sites for hydroxylation is 1. The van der Waals surface area contributed by atoms with Gasteiger partial charge in [0.2, 0.25) is 5.91 Å². The van der Waals surface area contributed by atoms with Gasteiger partial charge in [0.15, 0.2) is 0 Å². The van der Waals surface area contributed by atoms with Crippen molar-refractivity contribution >= 4 is 17.7 Å². The van der Waals surface area contributed by atoms with Gasteiger partial charge in [-0.15, -0.1) is 0 Å². The van der Waals surface area contributed by atoms with Gasteiger partial charge in [0.05, 0.1) is 0 Å². The van der Waals surface area contributed by atoms with Crippen molar-refractivity contribution in [2.75, 3.05) is 5.32 Å². The Bertz CT molecular complexity index is 665. The molecular formula is C16H13F2NO. The van der Waals surface area contributed by atoms with Gasteiger partial charge in [-0.25, -0.2) is 8.78 Å². The van der Waals surface area contributed by atoms with Gasteiger partial charge < -0.3 is 5.32 Å². The molecule has 0 fully saturated rings. The number of nitrogens with one attached hydrogen (secondary N) is 1. The Balaban J connectivity index is 2.05. The maximum atomic E-state index is 13.0. The minimum absolute atomic E-state index is 0.351. The SMILES string of the molecule is Cc1cc(F)ccc1NC(=O)/C=C/c1cccc(F)c1. The van der Waals surface area contributed by atoms with Crippen molar-refractivity contribution in [3.63, 3.8) is 0 Å². The van der Waals surface area contributed by atoms with Crippen LogP contribution in [0.3, 0.4) is 0 Å². The first-order valence-corrected chi connectivity index (χ1v) is 6.05. The molecule has 2 nitrogen and oxygen atoms in total. The molecule has 0 heterocycles. The van der Waals surface area contributed by atoms with Crippen LogP contribution in [0.25, 0.3) is 6.08 Å². The molecule has 2 aromatic rings. The normalized spacial score (nSPS) is 10.8. The van der Waals surface area contributed by atoms with Crippen molar-refractivity contribution in [2.24, 2.45) is 0 Å². The van der Waals surface area contributed by atoms with Gasteiger partial charge in [-0.2, -0.15) is 0 Å². The second kappa shape index (κ2) is 6.10. The molecule has 0 radical (unpaired) electrons. The molecule has 0 bridgehead atoms.